The lowest BCUT2D eigenvalue weighted by atomic mass is 10.2. The molecule has 0 spiro atoms. The maximum atomic E-state index is 13.4. The smallest absolute Gasteiger partial charge is 0.341 e. The van der Waals surface area contributed by atoms with E-state index in [1.54, 1.807) is 55.6 Å². The first-order valence-corrected chi connectivity index (χ1v) is 11.6. The van der Waals surface area contributed by atoms with Crippen LogP contribution in [0.3, 0.4) is 0 Å². The van der Waals surface area contributed by atoms with Gasteiger partial charge in [0, 0.05) is 0 Å². The standard InChI is InChI=1S/C26H17Cl2N3O6/c1-35-20-7-4-8-21-16(20)11-22(37-21)25-30-19-6-3-2-5-15(19)26(34)31(25)29-12-14-9-17(27)24(18(28)10-14)36-13-23(32)33/h2-12H,13H2,1H3,(H,32,33). The van der Waals surface area contributed by atoms with Gasteiger partial charge in [-0.2, -0.15) is 9.78 Å². The Kier molecular flexibility index (Phi) is 6.56. The second kappa shape index (κ2) is 9.96. The number of aliphatic carboxylic acids is 1. The molecule has 0 unspecified atom stereocenters. The van der Waals surface area contributed by atoms with Gasteiger partial charge in [-0.15, -0.1) is 0 Å². The van der Waals surface area contributed by atoms with Crippen LogP contribution in [0.5, 0.6) is 11.5 Å². The number of halogens is 2. The fourth-order valence-corrected chi connectivity index (χ4v) is 4.38. The number of carboxylic acid groups (broad SMARTS) is 1. The lowest BCUT2D eigenvalue weighted by molar-refractivity contribution is -0.139. The number of fused-ring (bicyclic) bond motifs is 2. The lowest BCUT2D eigenvalue weighted by Gasteiger charge is -2.09. The van der Waals surface area contributed by atoms with E-state index in [0.717, 1.165) is 4.68 Å². The summed E-state index contributed by atoms with van der Waals surface area (Å²) in [6.45, 7) is -0.601. The molecule has 11 heteroatoms. The Balaban J connectivity index is 1.64. The minimum atomic E-state index is -1.17. The third kappa shape index (κ3) is 4.74. The van der Waals surface area contributed by atoms with Crippen molar-refractivity contribution in [2.75, 3.05) is 13.7 Å². The molecule has 5 rings (SSSR count). The zero-order valence-electron chi connectivity index (χ0n) is 19.1. The lowest BCUT2D eigenvalue weighted by Crippen LogP contribution is -2.20. The van der Waals surface area contributed by atoms with E-state index >= 15 is 0 Å². The molecular formula is C26H17Cl2N3O6. The molecule has 3 aromatic carbocycles. The van der Waals surface area contributed by atoms with Crippen molar-refractivity contribution in [3.63, 3.8) is 0 Å². The van der Waals surface area contributed by atoms with E-state index in [4.69, 9.17) is 42.2 Å². The van der Waals surface area contributed by atoms with E-state index in [-0.39, 0.29) is 21.6 Å². The Hall–Kier alpha value is -4.34. The maximum Gasteiger partial charge on any atom is 0.341 e. The fourth-order valence-electron chi connectivity index (χ4n) is 3.76. The molecule has 0 aliphatic heterocycles. The summed E-state index contributed by atoms with van der Waals surface area (Å²) in [4.78, 5) is 28.9. The van der Waals surface area contributed by atoms with Crippen molar-refractivity contribution in [3.05, 3.63) is 86.6 Å². The summed E-state index contributed by atoms with van der Waals surface area (Å²) < 4.78 is 17.7. The number of hydrogen-bond donors (Lipinski definition) is 1. The van der Waals surface area contributed by atoms with Gasteiger partial charge in [-0.3, -0.25) is 4.79 Å². The highest BCUT2D eigenvalue weighted by Crippen LogP contribution is 2.35. The average Bonchev–Trinajstić information content (AvgIpc) is 3.32. The SMILES string of the molecule is COc1cccc2oc(-c3nc4ccccc4c(=O)n3N=Cc3cc(Cl)c(OCC(=O)O)c(Cl)c3)cc12. The van der Waals surface area contributed by atoms with Gasteiger partial charge < -0.3 is 19.0 Å². The van der Waals surface area contributed by atoms with E-state index in [0.29, 0.717) is 38.9 Å². The predicted molar refractivity (Wildman–Crippen MR) is 140 cm³/mol. The van der Waals surface area contributed by atoms with Gasteiger partial charge >= 0.3 is 5.97 Å². The molecule has 0 radical (unpaired) electrons. The molecule has 0 aliphatic carbocycles. The van der Waals surface area contributed by atoms with Crippen LogP contribution in [0.4, 0.5) is 0 Å². The molecule has 0 saturated heterocycles. The number of furan rings is 1. The number of methoxy groups -OCH3 is 1. The van der Waals surface area contributed by atoms with Gasteiger partial charge in [-0.25, -0.2) is 9.78 Å². The summed E-state index contributed by atoms with van der Waals surface area (Å²) in [6.07, 6.45) is 1.38. The van der Waals surface area contributed by atoms with Crippen LogP contribution in [-0.2, 0) is 4.79 Å². The summed E-state index contributed by atoms with van der Waals surface area (Å²) >= 11 is 12.5. The maximum absolute atomic E-state index is 13.4. The second-order valence-electron chi connectivity index (χ2n) is 7.79. The number of aromatic nitrogens is 2. The zero-order valence-corrected chi connectivity index (χ0v) is 20.7. The topological polar surface area (TPSA) is 116 Å². The summed E-state index contributed by atoms with van der Waals surface area (Å²) in [5, 5.41) is 14.5. The van der Waals surface area contributed by atoms with Gasteiger partial charge in [0.05, 0.1) is 39.7 Å². The van der Waals surface area contributed by atoms with Crippen LogP contribution in [0.1, 0.15) is 5.56 Å². The van der Waals surface area contributed by atoms with Crippen molar-refractivity contribution in [2.45, 2.75) is 0 Å². The first kappa shape index (κ1) is 24.4. The van der Waals surface area contributed by atoms with Crippen molar-refractivity contribution in [1.82, 2.24) is 9.66 Å². The van der Waals surface area contributed by atoms with Gasteiger partial charge in [0.25, 0.3) is 5.56 Å². The molecule has 186 valence electrons. The van der Waals surface area contributed by atoms with Crippen LogP contribution >= 0.6 is 23.2 Å². The number of rotatable bonds is 7. The summed E-state index contributed by atoms with van der Waals surface area (Å²) in [6, 6.07) is 17.0. The second-order valence-corrected chi connectivity index (χ2v) is 8.61. The number of benzene rings is 3. The highest BCUT2D eigenvalue weighted by molar-refractivity contribution is 6.37. The van der Waals surface area contributed by atoms with E-state index in [1.807, 2.05) is 0 Å². The normalized spacial score (nSPS) is 11.4. The Morgan fingerprint density at radius 3 is 2.59 bits per heavy atom. The number of carboxylic acids is 1. The minimum Gasteiger partial charge on any atom is -0.496 e. The molecule has 0 bridgehead atoms. The number of carbonyl (C=O) groups is 1. The summed E-state index contributed by atoms with van der Waals surface area (Å²) in [5.41, 5.74) is 1.06. The van der Waals surface area contributed by atoms with Crippen LogP contribution in [0, 0.1) is 0 Å². The molecule has 2 aromatic heterocycles. The Labute approximate surface area is 219 Å². The Morgan fingerprint density at radius 2 is 1.86 bits per heavy atom. The third-order valence-corrected chi connectivity index (χ3v) is 5.96. The first-order valence-electron chi connectivity index (χ1n) is 10.8. The minimum absolute atomic E-state index is 0.0318. The molecule has 0 amide bonds. The van der Waals surface area contributed by atoms with Crippen LogP contribution in [0.2, 0.25) is 10.0 Å². The molecular weight excluding hydrogens is 521 g/mol. The van der Waals surface area contributed by atoms with E-state index < -0.39 is 18.1 Å². The molecule has 0 fully saturated rings. The summed E-state index contributed by atoms with van der Waals surface area (Å²) in [5.74, 6) is -0.0361. The highest BCUT2D eigenvalue weighted by atomic mass is 35.5. The van der Waals surface area contributed by atoms with Crippen LogP contribution in [0.25, 0.3) is 33.5 Å². The monoisotopic (exact) mass is 537 g/mol. The predicted octanol–water partition coefficient (Wildman–Crippen LogP) is 5.47. The highest BCUT2D eigenvalue weighted by Gasteiger charge is 2.18. The van der Waals surface area contributed by atoms with E-state index in [2.05, 4.69) is 10.1 Å². The number of ether oxygens (including phenoxy) is 2. The molecule has 0 saturated carbocycles. The summed E-state index contributed by atoms with van der Waals surface area (Å²) in [7, 11) is 1.56. The van der Waals surface area contributed by atoms with E-state index in [9.17, 15) is 9.59 Å². The van der Waals surface area contributed by atoms with Crippen molar-refractivity contribution in [3.8, 4) is 23.1 Å². The van der Waals surface area contributed by atoms with Crippen molar-refractivity contribution < 1.29 is 23.8 Å². The quantitative estimate of drug-likeness (QED) is 0.273. The van der Waals surface area contributed by atoms with Crippen molar-refractivity contribution >= 4 is 57.3 Å². The number of para-hydroxylation sites is 1. The van der Waals surface area contributed by atoms with Crippen molar-refractivity contribution in [2.24, 2.45) is 5.10 Å². The van der Waals surface area contributed by atoms with Crippen molar-refractivity contribution in [1.29, 1.82) is 0 Å². The average molecular weight is 538 g/mol. The van der Waals surface area contributed by atoms with Gasteiger partial charge in [-0.05, 0) is 48.0 Å². The molecule has 9 nitrogen and oxygen atoms in total. The molecule has 5 aromatic rings. The molecule has 0 atom stereocenters. The Morgan fingerprint density at radius 1 is 1.11 bits per heavy atom. The zero-order chi connectivity index (χ0) is 26.1. The molecule has 0 aliphatic rings. The van der Waals surface area contributed by atoms with Crippen LogP contribution in [-0.4, -0.2) is 40.7 Å². The van der Waals surface area contributed by atoms with E-state index in [1.165, 1.54) is 18.3 Å². The molecule has 1 N–H and O–H groups in total. The molecule has 2 heterocycles. The number of nitrogens with zero attached hydrogens (tertiary/aromatic N) is 3. The number of hydrogen-bond acceptors (Lipinski definition) is 7. The van der Waals surface area contributed by atoms with Crippen LogP contribution < -0.4 is 15.0 Å². The van der Waals surface area contributed by atoms with Gasteiger partial charge in [0.1, 0.15) is 11.3 Å². The Bertz CT molecular complexity index is 1740. The van der Waals surface area contributed by atoms with Gasteiger partial charge in [0.2, 0.25) is 5.82 Å². The fraction of sp³-hybridized carbons (Fsp3) is 0.0769. The van der Waals surface area contributed by atoms with Gasteiger partial charge in [0.15, 0.2) is 18.1 Å². The largest absolute Gasteiger partial charge is 0.496 e. The van der Waals surface area contributed by atoms with Crippen LogP contribution in [0.15, 0.2) is 75.0 Å². The molecule has 37 heavy (non-hydrogen) atoms. The first-order chi connectivity index (χ1) is 17.9. The third-order valence-electron chi connectivity index (χ3n) is 5.40. The van der Waals surface area contributed by atoms with Gasteiger partial charge in [-0.1, -0.05) is 41.4 Å².